The molecular weight excluding hydrogens is 1850 g/mol. The van der Waals surface area contributed by atoms with Gasteiger partial charge in [0.05, 0.1) is 42.0 Å². The van der Waals surface area contributed by atoms with Gasteiger partial charge in [-0.15, -0.1) is 0 Å². The summed E-state index contributed by atoms with van der Waals surface area (Å²) in [6.07, 6.45) is 32.2. The van der Waals surface area contributed by atoms with E-state index in [2.05, 4.69) is 92.6 Å². The summed E-state index contributed by atoms with van der Waals surface area (Å²) in [7, 11) is -18.3. The van der Waals surface area contributed by atoms with Gasteiger partial charge in [0.1, 0.15) is 11.6 Å². The Bertz CT molecular complexity index is 5810. The summed E-state index contributed by atoms with van der Waals surface area (Å²) < 4.78 is 139. The first-order chi connectivity index (χ1) is 67.0. The van der Waals surface area contributed by atoms with Crippen LogP contribution in [-0.2, 0) is 79.0 Å². The largest absolute Gasteiger partial charge is 0.315 e. The molecule has 0 bridgehead atoms. The lowest BCUT2D eigenvalue weighted by Gasteiger charge is -2.41. The molecule has 140 heavy (non-hydrogen) atoms. The van der Waals surface area contributed by atoms with Crippen molar-refractivity contribution in [1.29, 1.82) is 0 Å². The maximum atomic E-state index is 13.6. The van der Waals surface area contributed by atoms with Gasteiger partial charge >= 0.3 is 0 Å². The summed E-state index contributed by atoms with van der Waals surface area (Å²) in [5, 5.41) is 0. The lowest BCUT2D eigenvalue weighted by molar-refractivity contribution is -0.119. The quantitative estimate of drug-likeness (QED) is 0.0396. The second-order valence-electron chi connectivity index (χ2n) is 41.3. The Morgan fingerprint density at radius 1 is 0.329 bits per heavy atom. The number of sulfonamides is 3. The van der Waals surface area contributed by atoms with E-state index in [1.54, 1.807) is 139 Å². The first-order valence-corrected chi connectivity index (χ1v) is 59.6. The zero-order valence-electron chi connectivity index (χ0n) is 85.5. The molecule has 5 aliphatic heterocycles. The van der Waals surface area contributed by atoms with E-state index >= 15 is 0 Å². The third-order valence-electron chi connectivity index (χ3n) is 29.7. The van der Waals surface area contributed by atoms with Crippen LogP contribution in [0.15, 0.2) is 231 Å². The number of rotatable bonds is 29. The first kappa shape index (κ1) is 112. The predicted molar refractivity (Wildman–Crippen MR) is 567 cm³/mol. The maximum Gasteiger partial charge on any atom is 0.243 e. The molecule has 26 heteroatoms. The van der Waals surface area contributed by atoms with Crippen LogP contribution in [0.2, 0.25) is 0 Å². The van der Waals surface area contributed by atoms with Gasteiger partial charge in [0.2, 0.25) is 36.6 Å². The number of hydrogen-bond donors (Lipinski definition) is 0. The molecule has 5 saturated heterocycles. The number of Topliss-reactive ketones (excluding diaryl/α,β-unsaturated/α-hetero) is 2. The fourth-order valence-corrected chi connectivity index (χ4v) is 29.4. The molecule has 2 spiro atoms. The van der Waals surface area contributed by atoms with Crippen molar-refractivity contribution in [3.05, 3.63) is 268 Å². The number of nitrogens with zero attached hydrogens (tertiary/aromatic N) is 9. The van der Waals surface area contributed by atoms with E-state index in [0.717, 1.165) is 90.6 Å². The number of likely N-dealkylation sites (tertiary alicyclic amines) is 2. The molecule has 2 saturated carbocycles. The summed E-state index contributed by atoms with van der Waals surface area (Å²) in [4.78, 5) is 40.0. The molecule has 15 rings (SSSR count). The molecule has 0 aromatic heterocycles. The zero-order chi connectivity index (χ0) is 101. The van der Waals surface area contributed by atoms with Crippen LogP contribution in [0, 0.1) is 58.9 Å². The van der Waals surface area contributed by atoms with Crippen LogP contribution in [0.4, 0.5) is 0 Å². The average molecular weight is 2010 g/mol. The van der Waals surface area contributed by atoms with Gasteiger partial charge in [0.15, 0.2) is 19.7 Å². The minimum absolute atomic E-state index is 0.116. The minimum Gasteiger partial charge on any atom is -0.315 e. The van der Waals surface area contributed by atoms with Gasteiger partial charge in [0, 0.05) is 109 Å². The molecule has 0 radical (unpaired) electrons. The molecule has 0 N–H and O–H groups in total. The molecule has 2 aliphatic carbocycles. The van der Waals surface area contributed by atoms with E-state index in [1.807, 2.05) is 77.1 Å². The molecule has 0 amide bonds. The second kappa shape index (κ2) is 54.3. The molecule has 7 aliphatic rings. The van der Waals surface area contributed by atoms with Gasteiger partial charge in [-0.05, 0) is 279 Å². The average Bonchev–Trinajstić information content (AvgIpc) is 1.10. The van der Waals surface area contributed by atoms with Crippen LogP contribution in [0.1, 0.15) is 251 Å². The lowest BCUT2D eigenvalue weighted by atomic mass is 9.71. The zero-order valence-corrected chi connectivity index (χ0v) is 89.6. The van der Waals surface area contributed by atoms with E-state index in [-0.39, 0.29) is 50.2 Å². The van der Waals surface area contributed by atoms with Gasteiger partial charge in [0.25, 0.3) is 0 Å². The number of carbonyl (C=O) groups is 2. The molecule has 8 aromatic carbocycles. The van der Waals surface area contributed by atoms with Crippen molar-refractivity contribution in [3.63, 3.8) is 0 Å². The monoisotopic (exact) mass is 2010 g/mol. The van der Waals surface area contributed by atoms with Gasteiger partial charge in [-0.3, -0.25) is 34.1 Å². The molecular formula is C114H161N9O12S5. The van der Waals surface area contributed by atoms with Crippen molar-refractivity contribution < 1.29 is 51.7 Å². The van der Waals surface area contributed by atoms with E-state index in [4.69, 9.17) is 6.57 Å². The van der Waals surface area contributed by atoms with E-state index in [9.17, 15) is 51.7 Å². The second-order valence-corrected chi connectivity index (χ2v) is 51.2. The molecule has 5 unspecified atom stereocenters. The summed E-state index contributed by atoms with van der Waals surface area (Å²) in [6, 6.07) is 62.3. The van der Waals surface area contributed by atoms with Crippen LogP contribution in [0.5, 0.6) is 0 Å². The summed E-state index contributed by atoms with van der Waals surface area (Å²) in [5.41, 5.74) is 11.1. The topological polar surface area (TPSA) is 235 Å². The van der Waals surface area contributed by atoms with Crippen molar-refractivity contribution in [2.75, 3.05) is 103 Å². The van der Waals surface area contributed by atoms with Gasteiger partial charge in [-0.1, -0.05) is 251 Å². The molecule has 5 atom stereocenters. The summed E-state index contributed by atoms with van der Waals surface area (Å²) >= 11 is 0. The molecule has 8 aromatic rings. The van der Waals surface area contributed by atoms with Gasteiger partial charge in [-0.2, -0.15) is 12.9 Å². The predicted octanol–water partition coefficient (Wildman–Crippen LogP) is 21.5. The van der Waals surface area contributed by atoms with Gasteiger partial charge < -0.3 is 4.85 Å². The van der Waals surface area contributed by atoms with Crippen molar-refractivity contribution in [2.45, 2.75) is 317 Å². The van der Waals surface area contributed by atoms with Crippen molar-refractivity contribution in [2.24, 2.45) is 10.8 Å². The number of benzene rings is 8. The number of sulfone groups is 2. The van der Waals surface area contributed by atoms with Crippen molar-refractivity contribution in [1.82, 2.24) is 37.4 Å². The Hall–Kier alpha value is -7.98. The standard InChI is InChI=1S/2C28H34N2O4S2.C23H29N3O2S.C18H33NO.C17H31NO/c1-23-13-15-28(16-14-23)36(33,34)30-18-7-6-17-29(20-25-10-8-9-24(2)19-25)26(21-30)22-35(31,32)27-11-4-3-5-12-27;1-23-10-14-25(15-11-23)20-29-18-6-7-19-30(36(33,34)28-16-12-24(2)13-17-28)21-26(29)22-35(31,32)27-8-4-3-5-9-27;1-19-6-10-21(11-7-19)17-25-14-4-5-15-26(18-22(25)16-24-3)29(27,28)23-12-8-20(2)9-13-23;1-3-4-13-19-15-18(10-6-5-7-11-18)12-8-9-17(19)14-16(2)20;1-3-4-12-18-14-17(9-5-6-10-17)11-7-8-16(18)13-15(2)19/h3-5,8-16,19,26H,6-7,17-18,20-22H2,1-2H3;3-5,8-17,26H,6-7,18-22H2,1-2H3;6-13,22H,4-5,14-18H2,1-2H3;17H,3-15H2,1-2H3;16H,3-14H2,1-2H3. The third-order valence-corrected chi connectivity index (χ3v) is 39.0. The highest BCUT2D eigenvalue weighted by Crippen LogP contribution is 2.47. The number of ketones is 2. The van der Waals surface area contributed by atoms with Crippen molar-refractivity contribution >= 4 is 61.3 Å². The van der Waals surface area contributed by atoms with Crippen LogP contribution < -0.4 is 0 Å². The Kier molecular flexibility index (Phi) is 43.6. The third kappa shape index (κ3) is 33.8. The Morgan fingerprint density at radius 2 is 0.643 bits per heavy atom. The Morgan fingerprint density at radius 3 is 0.979 bits per heavy atom. The van der Waals surface area contributed by atoms with E-state index in [1.165, 1.54) is 168 Å². The minimum atomic E-state index is -3.76. The summed E-state index contributed by atoms with van der Waals surface area (Å²) in [5.74, 6) is 0.441. The summed E-state index contributed by atoms with van der Waals surface area (Å²) in [6.45, 7) is 38.6. The number of hydrogen-bond acceptors (Lipinski definition) is 17. The van der Waals surface area contributed by atoms with Crippen LogP contribution in [0.25, 0.3) is 4.85 Å². The molecule has 764 valence electrons. The Labute approximate surface area is 842 Å². The number of aryl methyl sites for hydroxylation is 6. The van der Waals surface area contributed by atoms with Gasteiger partial charge in [-0.25, -0.2) is 48.7 Å². The molecule has 7 fully saturated rings. The lowest BCUT2D eigenvalue weighted by Crippen LogP contribution is -2.51. The highest BCUT2D eigenvalue weighted by Gasteiger charge is 2.43. The highest BCUT2D eigenvalue weighted by molar-refractivity contribution is 7.92. The highest BCUT2D eigenvalue weighted by atomic mass is 32.2. The molecule has 5 heterocycles. The smallest absolute Gasteiger partial charge is 0.243 e. The van der Waals surface area contributed by atoms with Crippen LogP contribution >= 0.6 is 0 Å². The SMILES string of the molecule is CCCCN1CC2(CCCC2)CCCC1CC(C)=O.CCCCN1CC2(CCCCC2)CCCC1CC(C)=O.Cc1ccc(CN2CCCCN(S(=O)(=O)c3ccc(C)cc3)CC2CS(=O)(=O)c2ccccc2)cc1.Cc1ccc(S(=O)(=O)N2CCCCN(Cc3cccc(C)c3)C(CS(=O)(=O)c3ccccc3)C2)cc1.[C-]#[N+]CC1CN(S(=O)(=O)c2ccc(C)cc2)CCCCN1Cc1ccc(C)cc1. The maximum absolute atomic E-state index is 13.6. The fourth-order valence-electron chi connectivity index (χ4n) is 21.7. The number of unbranched alkanes of at least 4 members (excludes halogenated alkanes) is 2. The van der Waals surface area contributed by atoms with E-state index < -0.39 is 61.8 Å². The first-order valence-electron chi connectivity index (χ1n) is 52.0. The normalized spacial score (nSPS) is 21.1. The van der Waals surface area contributed by atoms with E-state index in [0.29, 0.717) is 111 Å². The van der Waals surface area contributed by atoms with Crippen molar-refractivity contribution in [3.8, 4) is 0 Å². The Balaban J connectivity index is 0.000000171. The van der Waals surface area contributed by atoms with Crippen LogP contribution in [-0.4, -0.2) is 224 Å². The fraction of sp³-hybridized carbons (Fsp3) is 0.553. The molecule has 21 nitrogen and oxygen atoms in total. The van der Waals surface area contributed by atoms with Crippen LogP contribution in [0.3, 0.4) is 0 Å². The number of carbonyl (C=O) groups excluding carboxylic acids is 2.